The van der Waals surface area contributed by atoms with Crippen LogP contribution in [0.15, 0.2) is 91.0 Å². The number of thioether (sulfide) groups is 1. The molecule has 3 aromatic carbocycles. The molecule has 0 fully saturated rings. The number of hydrogen-bond acceptors (Lipinski definition) is 3. The quantitative estimate of drug-likeness (QED) is 0.339. The van der Waals surface area contributed by atoms with E-state index in [0.29, 0.717) is 6.54 Å². The predicted octanol–water partition coefficient (Wildman–Crippen LogP) is 5.71. The molecule has 5 heteroatoms. The summed E-state index contributed by atoms with van der Waals surface area (Å²) in [6.07, 6.45) is 6.34. The Balaban J connectivity index is 1.65. The Kier molecular flexibility index (Phi) is 7.41. The van der Waals surface area contributed by atoms with Crippen LogP contribution in [0.4, 0.5) is 0 Å². The number of benzene rings is 3. The molecule has 0 saturated heterocycles. The van der Waals surface area contributed by atoms with Gasteiger partial charge >= 0.3 is 0 Å². The standard InChI is InChI=1S/C27H27N3OS/c1-32-19-18-24(28-26(31)17-16-21-10-4-2-5-11-21)27-29-23-14-8-9-15-25(23)30(27)20-22-12-6-3-7-13-22/h2-17,24H,18-20H2,1H3,(H,28,31)/b17-16+. The number of rotatable bonds is 9. The number of carbonyl (C=O) groups excluding carboxylic acids is 1. The minimum absolute atomic E-state index is 0.113. The summed E-state index contributed by atoms with van der Waals surface area (Å²) in [4.78, 5) is 17.8. The van der Waals surface area contributed by atoms with E-state index in [9.17, 15) is 4.79 Å². The molecule has 1 N–H and O–H groups in total. The van der Waals surface area contributed by atoms with Gasteiger partial charge in [0.15, 0.2) is 0 Å². The number of aromatic nitrogens is 2. The molecule has 1 aromatic heterocycles. The SMILES string of the molecule is CSCCC(NC(=O)/C=C/c1ccccc1)c1nc2ccccc2n1Cc1ccccc1. The Labute approximate surface area is 193 Å². The van der Waals surface area contributed by atoms with E-state index in [1.165, 1.54) is 5.56 Å². The van der Waals surface area contributed by atoms with Gasteiger partial charge in [0.2, 0.25) is 5.91 Å². The second kappa shape index (κ2) is 10.8. The first-order chi connectivity index (χ1) is 15.7. The average molecular weight is 442 g/mol. The Bertz CT molecular complexity index is 1190. The number of nitrogens with one attached hydrogen (secondary N) is 1. The highest BCUT2D eigenvalue weighted by atomic mass is 32.2. The number of para-hydroxylation sites is 2. The van der Waals surface area contributed by atoms with Gasteiger partial charge in [-0.2, -0.15) is 11.8 Å². The zero-order chi connectivity index (χ0) is 22.2. The maximum Gasteiger partial charge on any atom is 0.244 e. The van der Waals surface area contributed by atoms with Crippen molar-refractivity contribution in [1.29, 1.82) is 0 Å². The van der Waals surface area contributed by atoms with Crippen LogP contribution in [-0.2, 0) is 11.3 Å². The predicted molar refractivity (Wildman–Crippen MR) is 135 cm³/mol. The summed E-state index contributed by atoms with van der Waals surface area (Å²) >= 11 is 1.77. The minimum atomic E-state index is -0.175. The summed E-state index contributed by atoms with van der Waals surface area (Å²) in [5.74, 6) is 1.71. The fourth-order valence-corrected chi connectivity index (χ4v) is 4.22. The van der Waals surface area contributed by atoms with Crippen molar-refractivity contribution in [2.24, 2.45) is 0 Å². The fourth-order valence-electron chi connectivity index (χ4n) is 3.75. The molecular formula is C27H27N3OS. The van der Waals surface area contributed by atoms with Gasteiger partial charge in [-0.05, 0) is 47.8 Å². The van der Waals surface area contributed by atoms with Crippen molar-refractivity contribution >= 4 is 34.8 Å². The van der Waals surface area contributed by atoms with Crippen LogP contribution in [0.2, 0.25) is 0 Å². The van der Waals surface area contributed by atoms with Gasteiger partial charge in [0, 0.05) is 12.6 Å². The number of imidazole rings is 1. The molecule has 0 aliphatic rings. The van der Waals surface area contributed by atoms with Crippen molar-refractivity contribution in [2.45, 2.75) is 19.0 Å². The van der Waals surface area contributed by atoms with Gasteiger partial charge in [-0.3, -0.25) is 4.79 Å². The molecule has 1 amide bonds. The smallest absolute Gasteiger partial charge is 0.244 e. The molecule has 0 bridgehead atoms. The number of carbonyl (C=O) groups is 1. The number of hydrogen-bond donors (Lipinski definition) is 1. The van der Waals surface area contributed by atoms with E-state index >= 15 is 0 Å². The molecule has 4 nitrogen and oxygen atoms in total. The van der Waals surface area contributed by atoms with E-state index in [1.54, 1.807) is 17.8 Å². The zero-order valence-corrected chi connectivity index (χ0v) is 19.0. The van der Waals surface area contributed by atoms with E-state index in [2.05, 4.69) is 46.5 Å². The van der Waals surface area contributed by atoms with E-state index in [-0.39, 0.29) is 11.9 Å². The molecule has 4 rings (SSSR count). The Morgan fingerprint density at radius 2 is 1.69 bits per heavy atom. The largest absolute Gasteiger partial charge is 0.343 e. The third-order valence-corrected chi connectivity index (χ3v) is 5.98. The monoisotopic (exact) mass is 441 g/mol. The lowest BCUT2D eigenvalue weighted by molar-refractivity contribution is -0.117. The first kappa shape index (κ1) is 21.9. The fraction of sp³-hybridized carbons (Fsp3) is 0.185. The van der Waals surface area contributed by atoms with Crippen LogP contribution in [0.25, 0.3) is 17.1 Å². The Hall–Kier alpha value is -3.31. The molecular weight excluding hydrogens is 414 g/mol. The van der Waals surface area contributed by atoms with Crippen molar-refractivity contribution in [3.8, 4) is 0 Å². The molecule has 32 heavy (non-hydrogen) atoms. The summed E-state index contributed by atoms with van der Waals surface area (Å²) in [6, 6.07) is 28.2. The van der Waals surface area contributed by atoms with Gasteiger partial charge in [-0.15, -0.1) is 0 Å². The van der Waals surface area contributed by atoms with Crippen molar-refractivity contribution in [1.82, 2.24) is 14.9 Å². The van der Waals surface area contributed by atoms with Crippen molar-refractivity contribution in [2.75, 3.05) is 12.0 Å². The van der Waals surface area contributed by atoms with E-state index in [1.807, 2.05) is 60.7 Å². The van der Waals surface area contributed by atoms with Crippen molar-refractivity contribution in [3.63, 3.8) is 0 Å². The summed E-state index contributed by atoms with van der Waals surface area (Å²) < 4.78 is 2.23. The maximum absolute atomic E-state index is 12.8. The van der Waals surface area contributed by atoms with Crippen LogP contribution in [0.5, 0.6) is 0 Å². The molecule has 162 valence electrons. The lowest BCUT2D eigenvalue weighted by Gasteiger charge is -2.19. The number of amides is 1. The third kappa shape index (κ3) is 5.48. The summed E-state index contributed by atoms with van der Waals surface area (Å²) in [5.41, 5.74) is 4.23. The number of fused-ring (bicyclic) bond motifs is 1. The average Bonchev–Trinajstić information content (AvgIpc) is 3.20. The van der Waals surface area contributed by atoms with Crippen LogP contribution in [0.1, 0.15) is 29.4 Å². The highest BCUT2D eigenvalue weighted by Crippen LogP contribution is 2.25. The van der Waals surface area contributed by atoms with Crippen LogP contribution >= 0.6 is 11.8 Å². The lowest BCUT2D eigenvalue weighted by Crippen LogP contribution is -2.30. The van der Waals surface area contributed by atoms with Gasteiger partial charge in [0.25, 0.3) is 0 Å². The summed E-state index contributed by atoms with van der Waals surface area (Å²) in [5, 5.41) is 3.20. The van der Waals surface area contributed by atoms with Gasteiger partial charge in [0.05, 0.1) is 17.1 Å². The molecule has 4 aromatic rings. The van der Waals surface area contributed by atoms with E-state index < -0.39 is 0 Å². The molecule has 1 unspecified atom stereocenters. The normalized spacial score (nSPS) is 12.3. The molecule has 0 radical (unpaired) electrons. The minimum Gasteiger partial charge on any atom is -0.343 e. The van der Waals surface area contributed by atoms with Crippen LogP contribution in [0.3, 0.4) is 0 Å². The summed E-state index contributed by atoms with van der Waals surface area (Å²) in [7, 11) is 0. The Morgan fingerprint density at radius 1 is 1.00 bits per heavy atom. The molecule has 1 heterocycles. The highest BCUT2D eigenvalue weighted by Gasteiger charge is 2.21. The first-order valence-corrected chi connectivity index (χ1v) is 12.2. The van der Waals surface area contributed by atoms with E-state index in [4.69, 9.17) is 4.98 Å². The van der Waals surface area contributed by atoms with E-state index in [0.717, 1.165) is 34.6 Å². The molecule has 0 spiro atoms. The van der Waals surface area contributed by atoms with Crippen molar-refractivity contribution in [3.05, 3.63) is 108 Å². The molecule has 0 aliphatic heterocycles. The molecule has 0 aliphatic carbocycles. The summed E-state index contributed by atoms with van der Waals surface area (Å²) in [6.45, 7) is 0.710. The topological polar surface area (TPSA) is 46.9 Å². The third-order valence-electron chi connectivity index (χ3n) is 5.33. The maximum atomic E-state index is 12.8. The highest BCUT2D eigenvalue weighted by molar-refractivity contribution is 7.98. The number of nitrogens with zero attached hydrogens (tertiary/aromatic N) is 2. The van der Waals surface area contributed by atoms with Crippen molar-refractivity contribution < 1.29 is 4.79 Å². The van der Waals surface area contributed by atoms with Gasteiger partial charge in [-0.25, -0.2) is 4.98 Å². The zero-order valence-electron chi connectivity index (χ0n) is 18.1. The van der Waals surface area contributed by atoms with Gasteiger partial charge in [0.1, 0.15) is 5.82 Å². The second-order valence-electron chi connectivity index (χ2n) is 7.62. The van der Waals surface area contributed by atoms with Crippen LogP contribution < -0.4 is 5.32 Å². The van der Waals surface area contributed by atoms with Crippen LogP contribution in [-0.4, -0.2) is 27.5 Å². The van der Waals surface area contributed by atoms with Gasteiger partial charge in [-0.1, -0.05) is 72.8 Å². The second-order valence-corrected chi connectivity index (χ2v) is 8.60. The van der Waals surface area contributed by atoms with Gasteiger partial charge < -0.3 is 9.88 Å². The molecule has 0 saturated carbocycles. The van der Waals surface area contributed by atoms with Crippen LogP contribution in [0, 0.1) is 0 Å². The lowest BCUT2D eigenvalue weighted by atomic mass is 10.1. The molecule has 1 atom stereocenters. The Morgan fingerprint density at radius 3 is 2.44 bits per heavy atom. The first-order valence-electron chi connectivity index (χ1n) is 10.8.